The molecule has 1 fully saturated rings. The molecule has 12 heteroatoms. The number of hydrogen-bond acceptors (Lipinski definition) is 8. The number of halogens is 2. The molecule has 0 unspecified atom stereocenters. The molecule has 2 aromatic carbocycles. The molecule has 0 radical (unpaired) electrons. The first-order valence-corrected chi connectivity index (χ1v) is 12.8. The van der Waals surface area contributed by atoms with Gasteiger partial charge in [0.1, 0.15) is 17.2 Å². The van der Waals surface area contributed by atoms with Gasteiger partial charge in [-0.05, 0) is 41.1 Å². The molecule has 4 aromatic rings. The number of anilines is 1. The third-order valence-corrected chi connectivity index (χ3v) is 7.82. The van der Waals surface area contributed by atoms with Crippen LogP contribution in [0.2, 0.25) is 5.02 Å². The van der Waals surface area contributed by atoms with Crippen molar-refractivity contribution in [3.05, 3.63) is 76.7 Å². The summed E-state index contributed by atoms with van der Waals surface area (Å²) < 4.78 is 20.7. The number of carbonyl (C=O) groups is 1. The third kappa shape index (κ3) is 4.56. The van der Waals surface area contributed by atoms with Crippen LogP contribution >= 0.6 is 22.9 Å². The number of rotatable bonds is 5. The predicted octanol–water partition coefficient (Wildman–Crippen LogP) is 4.54. The number of para-hydroxylation sites is 1. The fraction of sp³-hybridized carbons (Fsp3) is 0.240. The van der Waals surface area contributed by atoms with E-state index in [-0.39, 0.29) is 12.4 Å². The first-order valence-electron chi connectivity index (χ1n) is 11.6. The van der Waals surface area contributed by atoms with Crippen molar-refractivity contribution in [1.29, 1.82) is 0 Å². The van der Waals surface area contributed by atoms with Crippen molar-refractivity contribution in [1.82, 2.24) is 25.2 Å². The average molecular weight is 539 g/mol. The summed E-state index contributed by atoms with van der Waals surface area (Å²) in [7, 11) is 0. The number of thiazole rings is 1. The van der Waals surface area contributed by atoms with Crippen molar-refractivity contribution >= 4 is 39.6 Å². The van der Waals surface area contributed by atoms with Gasteiger partial charge in [-0.2, -0.15) is 4.80 Å². The number of benzene rings is 2. The lowest BCUT2D eigenvalue weighted by Gasteiger charge is -2.43. The second-order valence-corrected chi connectivity index (χ2v) is 10.3. The zero-order valence-corrected chi connectivity index (χ0v) is 20.9. The highest BCUT2D eigenvalue weighted by molar-refractivity contribution is 7.18. The van der Waals surface area contributed by atoms with E-state index in [9.17, 15) is 9.18 Å². The van der Waals surface area contributed by atoms with Crippen molar-refractivity contribution < 1.29 is 19.0 Å². The summed E-state index contributed by atoms with van der Waals surface area (Å²) in [5.41, 5.74) is 1.84. The maximum absolute atomic E-state index is 14.2. The van der Waals surface area contributed by atoms with E-state index in [4.69, 9.17) is 21.4 Å². The number of piperidine rings is 1. The Balaban J connectivity index is 1.24. The number of aromatic nitrogens is 5. The summed E-state index contributed by atoms with van der Waals surface area (Å²) >= 11 is 7.92. The van der Waals surface area contributed by atoms with Crippen LogP contribution in [0.5, 0.6) is 5.75 Å². The minimum atomic E-state index is -1.04. The lowest BCUT2D eigenvalue weighted by molar-refractivity contribution is -0.138. The predicted molar refractivity (Wildman–Crippen MR) is 136 cm³/mol. The van der Waals surface area contributed by atoms with Gasteiger partial charge in [-0.1, -0.05) is 41.1 Å². The highest BCUT2D eigenvalue weighted by Crippen LogP contribution is 2.45. The number of carboxylic acid groups (broad SMARTS) is 1. The number of fused-ring (bicyclic) bond motifs is 1. The molecule has 0 amide bonds. The van der Waals surface area contributed by atoms with Crippen LogP contribution < -0.4 is 9.64 Å². The number of nitrogens with zero attached hydrogens (tertiary/aromatic N) is 6. The molecule has 2 aliphatic heterocycles. The molecular formula is C25H20ClFN6O3S. The fourth-order valence-corrected chi connectivity index (χ4v) is 5.77. The van der Waals surface area contributed by atoms with Gasteiger partial charge in [-0.15, -0.1) is 10.2 Å². The molecule has 0 atom stereocenters. The van der Waals surface area contributed by atoms with E-state index in [0.29, 0.717) is 47.2 Å². The topological polar surface area (TPSA) is 106 Å². The largest absolute Gasteiger partial charge is 0.482 e. The number of carboxylic acids is 1. The quantitative estimate of drug-likeness (QED) is 0.395. The van der Waals surface area contributed by atoms with Crippen molar-refractivity contribution in [3.63, 3.8) is 0 Å². The van der Waals surface area contributed by atoms with Crippen molar-refractivity contribution in [2.24, 2.45) is 0 Å². The van der Waals surface area contributed by atoms with Crippen LogP contribution in [0.4, 0.5) is 9.52 Å². The van der Waals surface area contributed by atoms with Crippen LogP contribution in [-0.2, 0) is 11.3 Å². The van der Waals surface area contributed by atoms with Gasteiger partial charge in [0, 0.05) is 42.1 Å². The molecule has 9 nitrogen and oxygen atoms in total. The van der Waals surface area contributed by atoms with Crippen LogP contribution in [-0.4, -0.2) is 55.0 Å². The third-order valence-electron chi connectivity index (χ3n) is 6.44. The Labute approximate surface area is 219 Å². The molecular weight excluding hydrogens is 519 g/mol. The summed E-state index contributed by atoms with van der Waals surface area (Å²) in [6.07, 6.45) is 5.15. The first kappa shape index (κ1) is 23.6. The van der Waals surface area contributed by atoms with Gasteiger partial charge in [0.05, 0.1) is 11.1 Å². The van der Waals surface area contributed by atoms with Gasteiger partial charge in [-0.25, -0.2) is 9.37 Å². The average Bonchev–Trinajstić information content (AvgIpc) is 3.55. The molecule has 2 aromatic heterocycles. The molecule has 37 heavy (non-hydrogen) atoms. The van der Waals surface area contributed by atoms with E-state index in [1.807, 2.05) is 24.3 Å². The van der Waals surface area contributed by atoms with Gasteiger partial charge in [-0.3, -0.25) is 4.79 Å². The maximum Gasteiger partial charge on any atom is 0.327 e. The summed E-state index contributed by atoms with van der Waals surface area (Å²) in [6.45, 7) is 1.02. The number of ether oxygens (including phenoxy) is 1. The van der Waals surface area contributed by atoms with Crippen LogP contribution in [0, 0.1) is 5.82 Å². The SMILES string of the molecule is O=C(O)Cn1nnc(-c2cnc(N3CCC4(C=C(c5cc(F)ccc5Cl)c5ccccc5O4)CC3)s2)n1. The molecule has 4 heterocycles. The smallest absolute Gasteiger partial charge is 0.327 e. The molecule has 1 saturated heterocycles. The van der Waals surface area contributed by atoms with Crippen LogP contribution in [0.3, 0.4) is 0 Å². The van der Waals surface area contributed by atoms with E-state index in [2.05, 4.69) is 31.4 Å². The zero-order chi connectivity index (χ0) is 25.6. The van der Waals surface area contributed by atoms with Gasteiger partial charge in [0.15, 0.2) is 11.7 Å². The molecule has 2 aliphatic rings. The fourth-order valence-electron chi connectivity index (χ4n) is 4.66. The lowest BCUT2D eigenvalue weighted by Crippen LogP contribution is -2.48. The van der Waals surface area contributed by atoms with E-state index in [1.54, 1.807) is 12.3 Å². The Morgan fingerprint density at radius 3 is 2.81 bits per heavy atom. The molecule has 0 aliphatic carbocycles. The van der Waals surface area contributed by atoms with E-state index in [0.717, 1.165) is 26.8 Å². The van der Waals surface area contributed by atoms with Crippen LogP contribution in [0.25, 0.3) is 16.3 Å². The molecule has 0 saturated carbocycles. The summed E-state index contributed by atoms with van der Waals surface area (Å²) in [4.78, 5) is 19.3. The van der Waals surface area contributed by atoms with Gasteiger partial charge in [0.2, 0.25) is 5.82 Å². The monoisotopic (exact) mass is 538 g/mol. The Kier molecular flexibility index (Phi) is 5.88. The van der Waals surface area contributed by atoms with Gasteiger partial charge >= 0.3 is 5.97 Å². The normalized spacial score (nSPS) is 16.3. The van der Waals surface area contributed by atoms with Crippen LogP contribution in [0.1, 0.15) is 24.0 Å². The Morgan fingerprint density at radius 1 is 1.19 bits per heavy atom. The maximum atomic E-state index is 14.2. The lowest BCUT2D eigenvalue weighted by atomic mass is 9.83. The number of hydrogen-bond donors (Lipinski definition) is 1. The molecule has 6 rings (SSSR count). The minimum absolute atomic E-state index is 0.338. The van der Waals surface area contributed by atoms with Gasteiger partial charge in [0.25, 0.3) is 0 Å². The van der Waals surface area contributed by atoms with E-state index >= 15 is 0 Å². The Hall–Kier alpha value is -3.83. The van der Waals surface area contributed by atoms with Crippen molar-refractivity contribution in [3.8, 4) is 16.5 Å². The van der Waals surface area contributed by atoms with E-state index in [1.165, 1.54) is 23.5 Å². The minimum Gasteiger partial charge on any atom is -0.482 e. The van der Waals surface area contributed by atoms with Crippen molar-refractivity contribution in [2.75, 3.05) is 18.0 Å². The molecule has 1 N–H and O–H groups in total. The first-order chi connectivity index (χ1) is 17.9. The van der Waals surface area contributed by atoms with Crippen molar-refractivity contribution in [2.45, 2.75) is 25.0 Å². The molecule has 0 bridgehead atoms. The second-order valence-electron chi connectivity index (χ2n) is 8.88. The molecule has 188 valence electrons. The summed E-state index contributed by atoms with van der Waals surface area (Å²) in [6, 6.07) is 12.2. The van der Waals surface area contributed by atoms with Gasteiger partial charge < -0.3 is 14.7 Å². The second kappa shape index (κ2) is 9.24. The Morgan fingerprint density at radius 2 is 2.00 bits per heavy atom. The summed E-state index contributed by atoms with van der Waals surface area (Å²) in [5.74, 6) is -0.295. The number of tetrazole rings is 1. The van der Waals surface area contributed by atoms with E-state index < -0.39 is 11.6 Å². The highest BCUT2D eigenvalue weighted by atomic mass is 35.5. The number of aliphatic carboxylic acids is 1. The van der Waals surface area contributed by atoms with Crippen LogP contribution in [0.15, 0.2) is 54.7 Å². The zero-order valence-electron chi connectivity index (χ0n) is 19.3. The Bertz CT molecular complexity index is 1530. The molecule has 1 spiro atoms. The highest BCUT2D eigenvalue weighted by Gasteiger charge is 2.40. The summed E-state index contributed by atoms with van der Waals surface area (Å²) in [5, 5.41) is 22.0. The standard InChI is InChI=1S/C25H20ClFN6O3S/c26-19-6-5-15(27)11-17(19)18-12-25(36-20-4-2-1-3-16(18)20)7-9-32(10-8-25)24-28-13-21(37-24)23-29-31-33(30-23)14-22(34)35/h1-6,11-13H,7-10,14H2,(H,34,35).